The van der Waals surface area contributed by atoms with Crippen LogP contribution in [0.1, 0.15) is 77.3 Å². The number of hydrogen-bond donors (Lipinski definition) is 0. The van der Waals surface area contributed by atoms with E-state index in [1.807, 2.05) is 51.1 Å². The molecule has 2 aromatic carbocycles. The number of hydrogen-bond acceptors (Lipinski definition) is 5. The topological polar surface area (TPSA) is 63.7 Å². The highest BCUT2D eigenvalue weighted by Gasteiger charge is 2.49. The van der Waals surface area contributed by atoms with Gasteiger partial charge in [0.1, 0.15) is 5.60 Å². The van der Waals surface area contributed by atoms with Crippen molar-refractivity contribution in [3.63, 3.8) is 0 Å². The Bertz CT molecular complexity index is 1140. The van der Waals surface area contributed by atoms with Crippen molar-refractivity contribution in [3.05, 3.63) is 65.2 Å². The molecule has 2 aliphatic rings. The van der Waals surface area contributed by atoms with Gasteiger partial charge in [0.25, 0.3) is 0 Å². The van der Waals surface area contributed by atoms with E-state index in [2.05, 4.69) is 0 Å². The Balaban J connectivity index is 1.65. The number of thioether (sulfide) groups is 1. The standard InChI is InChI=1S/C29H38ClNO4S2/c1-29(2,3)35-28(32)17-18-36-27-20-25(22-13-15-23(30)16-14-22)31(26(27)19-21-9-7-8-10-21)37(33,34)24-11-5-4-6-12-24/h4-6,11-16,21,25-27H,7-10,17-20H2,1-3H3/t25?,26?,27-/m0/s1. The molecular formula is C29H38ClNO4S2. The van der Waals surface area contributed by atoms with Crippen LogP contribution in [-0.4, -0.2) is 41.3 Å². The molecule has 0 amide bonds. The van der Waals surface area contributed by atoms with Gasteiger partial charge in [-0.1, -0.05) is 67.6 Å². The molecule has 5 nitrogen and oxygen atoms in total. The zero-order chi connectivity index (χ0) is 26.6. The minimum atomic E-state index is -3.74. The van der Waals surface area contributed by atoms with Crippen LogP contribution in [0, 0.1) is 5.92 Å². The van der Waals surface area contributed by atoms with Crippen LogP contribution in [0.3, 0.4) is 0 Å². The van der Waals surface area contributed by atoms with Crippen LogP contribution < -0.4 is 0 Å². The first-order chi connectivity index (χ1) is 17.5. The molecule has 1 heterocycles. The minimum absolute atomic E-state index is 0.0854. The summed E-state index contributed by atoms with van der Waals surface area (Å²) in [7, 11) is -3.74. The monoisotopic (exact) mass is 563 g/mol. The van der Waals surface area contributed by atoms with Crippen molar-refractivity contribution in [1.29, 1.82) is 0 Å². The SMILES string of the molecule is CC(C)(C)OC(=O)CCS[C@H]1CC(c2ccc(Cl)cc2)N(S(=O)(=O)c2ccccc2)C1CC1CCCC1. The maximum absolute atomic E-state index is 14.2. The van der Waals surface area contributed by atoms with E-state index < -0.39 is 15.6 Å². The molecule has 202 valence electrons. The smallest absolute Gasteiger partial charge is 0.307 e. The van der Waals surface area contributed by atoms with E-state index in [1.54, 1.807) is 40.3 Å². The van der Waals surface area contributed by atoms with Gasteiger partial charge in [-0.05, 0) is 69.4 Å². The van der Waals surface area contributed by atoms with Crippen LogP contribution in [0.15, 0.2) is 59.5 Å². The normalized spacial score (nSPS) is 23.4. The number of benzene rings is 2. The molecule has 0 aromatic heterocycles. The first-order valence-corrected chi connectivity index (χ1v) is 16.1. The summed E-state index contributed by atoms with van der Waals surface area (Å²) < 4.78 is 35.6. The van der Waals surface area contributed by atoms with Gasteiger partial charge in [-0.25, -0.2) is 8.42 Å². The highest BCUT2D eigenvalue weighted by Crippen LogP contribution is 2.48. The van der Waals surface area contributed by atoms with E-state index in [0.29, 0.717) is 34.4 Å². The third-order valence-corrected chi connectivity index (χ3v) is 10.8. The molecule has 0 bridgehead atoms. The molecule has 1 saturated carbocycles. The Hall–Kier alpha value is -1.54. The number of ether oxygens (including phenoxy) is 1. The number of sulfonamides is 1. The fraction of sp³-hybridized carbons (Fsp3) is 0.552. The molecule has 4 rings (SSSR count). The van der Waals surface area contributed by atoms with Gasteiger partial charge in [0.05, 0.1) is 17.4 Å². The Labute approximate surface area is 231 Å². The Morgan fingerprint density at radius 2 is 1.70 bits per heavy atom. The Morgan fingerprint density at radius 1 is 1.05 bits per heavy atom. The van der Waals surface area contributed by atoms with Gasteiger partial charge >= 0.3 is 5.97 Å². The molecule has 0 radical (unpaired) electrons. The molecule has 2 fully saturated rings. The van der Waals surface area contributed by atoms with Crippen LogP contribution in [-0.2, 0) is 19.6 Å². The maximum Gasteiger partial charge on any atom is 0.307 e. The molecule has 37 heavy (non-hydrogen) atoms. The number of carbonyl (C=O) groups is 1. The van der Waals surface area contributed by atoms with Crippen molar-refractivity contribution in [2.45, 2.75) is 93.5 Å². The van der Waals surface area contributed by atoms with E-state index in [-0.39, 0.29) is 23.3 Å². The zero-order valence-corrected chi connectivity index (χ0v) is 24.3. The van der Waals surface area contributed by atoms with Gasteiger partial charge in [-0.15, -0.1) is 0 Å². The lowest BCUT2D eigenvalue weighted by Gasteiger charge is -2.32. The third-order valence-electron chi connectivity index (χ3n) is 7.20. The largest absolute Gasteiger partial charge is 0.460 e. The van der Waals surface area contributed by atoms with E-state index in [4.69, 9.17) is 16.3 Å². The number of nitrogens with zero attached hydrogens (tertiary/aromatic N) is 1. The Kier molecular flexibility index (Phi) is 9.31. The van der Waals surface area contributed by atoms with E-state index in [1.165, 1.54) is 12.8 Å². The van der Waals surface area contributed by atoms with Crippen molar-refractivity contribution in [2.24, 2.45) is 5.92 Å². The van der Waals surface area contributed by atoms with E-state index in [0.717, 1.165) is 24.8 Å². The lowest BCUT2D eigenvalue weighted by Crippen LogP contribution is -2.41. The summed E-state index contributed by atoms with van der Waals surface area (Å²) in [6.45, 7) is 5.61. The van der Waals surface area contributed by atoms with E-state index >= 15 is 0 Å². The third kappa shape index (κ3) is 7.31. The number of esters is 1. The fourth-order valence-corrected chi connectivity index (χ4v) is 9.06. The number of carbonyl (C=O) groups excluding carboxylic acids is 1. The molecular weight excluding hydrogens is 526 g/mol. The van der Waals surface area contributed by atoms with Crippen molar-refractivity contribution in [1.82, 2.24) is 4.31 Å². The van der Waals surface area contributed by atoms with Crippen LogP contribution >= 0.6 is 23.4 Å². The first-order valence-electron chi connectivity index (χ1n) is 13.2. The molecule has 2 aromatic rings. The van der Waals surface area contributed by atoms with Crippen LogP contribution in [0.5, 0.6) is 0 Å². The second kappa shape index (κ2) is 12.1. The van der Waals surface area contributed by atoms with Crippen LogP contribution in [0.25, 0.3) is 0 Å². The fourth-order valence-electron chi connectivity index (χ4n) is 5.61. The molecule has 1 saturated heterocycles. The average Bonchev–Trinajstić information content (AvgIpc) is 3.48. The predicted molar refractivity (Wildman–Crippen MR) is 151 cm³/mol. The lowest BCUT2D eigenvalue weighted by molar-refractivity contribution is -0.154. The van der Waals surface area contributed by atoms with Crippen LogP contribution in [0.4, 0.5) is 0 Å². The molecule has 1 aliphatic carbocycles. The first kappa shape index (κ1) is 28.5. The lowest BCUT2D eigenvalue weighted by atomic mass is 9.97. The van der Waals surface area contributed by atoms with Crippen molar-refractivity contribution < 1.29 is 17.9 Å². The van der Waals surface area contributed by atoms with Gasteiger partial charge in [-0.3, -0.25) is 4.79 Å². The summed E-state index contributed by atoms with van der Waals surface area (Å²) in [5.74, 6) is 0.914. The van der Waals surface area contributed by atoms with Crippen molar-refractivity contribution >= 4 is 39.4 Å². The molecule has 2 unspecified atom stereocenters. The van der Waals surface area contributed by atoms with Gasteiger partial charge in [0.2, 0.25) is 10.0 Å². The molecule has 1 aliphatic heterocycles. The molecule has 8 heteroatoms. The van der Waals surface area contributed by atoms with Crippen LogP contribution in [0.2, 0.25) is 5.02 Å². The van der Waals surface area contributed by atoms with E-state index in [9.17, 15) is 13.2 Å². The summed E-state index contributed by atoms with van der Waals surface area (Å²) in [4.78, 5) is 12.7. The van der Waals surface area contributed by atoms with Gasteiger partial charge in [0, 0.05) is 22.1 Å². The summed E-state index contributed by atoms with van der Waals surface area (Å²) >= 11 is 7.89. The molecule has 0 spiro atoms. The highest BCUT2D eigenvalue weighted by molar-refractivity contribution is 8.00. The summed E-state index contributed by atoms with van der Waals surface area (Å²) in [6.07, 6.45) is 6.57. The van der Waals surface area contributed by atoms with Crippen molar-refractivity contribution in [3.8, 4) is 0 Å². The number of halogens is 1. The number of rotatable bonds is 9. The minimum Gasteiger partial charge on any atom is -0.460 e. The summed E-state index contributed by atoms with van der Waals surface area (Å²) in [5.41, 5.74) is 0.441. The summed E-state index contributed by atoms with van der Waals surface area (Å²) in [6, 6.07) is 15.9. The average molecular weight is 564 g/mol. The van der Waals surface area contributed by atoms with Gasteiger partial charge < -0.3 is 4.74 Å². The molecule has 0 N–H and O–H groups in total. The second-order valence-corrected chi connectivity index (χ2v) is 14.8. The summed E-state index contributed by atoms with van der Waals surface area (Å²) in [5, 5.41) is 0.715. The van der Waals surface area contributed by atoms with Gasteiger partial charge in [0.15, 0.2) is 0 Å². The Morgan fingerprint density at radius 3 is 2.32 bits per heavy atom. The molecule has 3 atom stereocenters. The predicted octanol–water partition coefficient (Wildman–Crippen LogP) is 7.26. The zero-order valence-electron chi connectivity index (χ0n) is 21.9. The quantitative estimate of drug-likeness (QED) is 0.300. The second-order valence-electron chi connectivity index (χ2n) is 11.2. The van der Waals surface area contributed by atoms with Gasteiger partial charge in [-0.2, -0.15) is 16.1 Å². The highest BCUT2D eigenvalue weighted by atomic mass is 35.5. The van der Waals surface area contributed by atoms with Crippen molar-refractivity contribution in [2.75, 3.05) is 5.75 Å². The maximum atomic E-state index is 14.2.